The summed E-state index contributed by atoms with van der Waals surface area (Å²) in [5, 5.41) is 6.99. The fraction of sp³-hybridized carbons (Fsp3) is 0.333. The predicted octanol–water partition coefficient (Wildman–Crippen LogP) is 3.10. The van der Waals surface area contributed by atoms with Crippen LogP contribution in [0, 0.1) is 0 Å². The highest BCUT2D eigenvalue weighted by Gasteiger charge is 2.16. The van der Waals surface area contributed by atoms with E-state index in [1.807, 2.05) is 36.2 Å². The fourth-order valence-corrected chi connectivity index (χ4v) is 3.40. The van der Waals surface area contributed by atoms with Gasteiger partial charge in [0.2, 0.25) is 5.91 Å². The van der Waals surface area contributed by atoms with E-state index in [-0.39, 0.29) is 29.9 Å². The largest absolute Gasteiger partial charge is 0.360 e. The third-order valence-electron chi connectivity index (χ3n) is 4.73. The van der Waals surface area contributed by atoms with Gasteiger partial charge < -0.3 is 20.4 Å². The second-order valence-corrected chi connectivity index (χ2v) is 7.19. The minimum atomic E-state index is 0. The molecular weight excluding hydrogens is 501 g/mol. The maximum atomic E-state index is 11.6. The maximum Gasteiger partial charge on any atom is 0.239 e. The van der Waals surface area contributed by atoms with Gasteiger partial charge in [-0.15, -0.1) is 24.0 Å². The quantitative estimate of drug-likeness (QED) is 0.356. The Kier molecular flexibility index (Phi) is 9.03. The molecule has 6 nitrogen and oxygen atoms in total. The maximum absolute atomic E-state index is 11.6. The first-order chi connectivity index (χ1) is 13.6. The number of hydrogen-bond acceptors (Lipinski definition) is 3. The molecule has 29 heavy (non-hydrogen) atoms. The van der Waals surface area contributed by atoms with Gasteiger partial charge in [0.05, 0.1) is 6.54 Å². The molecule has 0 aromatic heterocycles. The van der Waals surface area contributed by atoms with E-state index in [4.69, 9.17) is 11.6 Å². The molecule has 1 aliphatic rings. The Labute approximate surface area is 194 Å². The number of nitrogens with one attached hydrogen (secondary N) is 2. The van der Waals surface area contributed by atoms with Crippen LogP contribution in [0.15, 0.2) is 53.5 Å². The zero-order valence-corrected chi connectivity index (χ0v) is 19.8. The van der Waals surface area contributed by atoms with Crippen molar-refractivity contribution in [1.82, 2.24) is 15.5 Å². The molecule has 1 amide bonds. The summed E-state index contributed by atoms with van der Waals surface area (Å²) >= 11 is 6.26. The molecule has 8 heteroatoms. The molecule has 0 spiro atoms. The minimum absolute atomic E-state index is 0. The van der Waals surface area contributed by atoms with Crippen LogP contribution in [0.1, 0.15) is 11.1 Å². The summed E-state index contributed by atoms with van der Waals surface area (Å²) < 4.78 is 0. The van der Waals surface area contributed by atoms with Crippen molar-refractivity contribution in [2.45, 2.75) is 13.1 Å². The van der Waals surface area contributed by atoms with E-state index in [9.17, 15) is 4.79 Å². The van der Waals surface area contributed by atoms with Crippen LogP contribution in [0.5, 0.6) is 0 Å². The Morgan fingerprint density at radius 1 is 1.24 bits per heavy atom. The summed E-state index contributed by atoms with van der Waals surface area (Å²) in [6, 6.07) is 16.1. The van der Waals surface area contributed by atoms with E-state index in [2.05, 4.69) is 44.8 Å². The van der Waals surface area contributed by atoms with E-state index < -0.39 is 0 Å². The number of piperazine rings is 1. The van der Waals surface area contributed by atoms with Gasteiger partial charge in [0.15, 0.2) is 5.96 Å². The van der Waals surface area contributed by atoms with Crippen LogP contribution in [0.25, 0.3) is 0 Å². The first kappa shape index (κ1) is 23.3. The molecule has 2 N–H and O–H groups in total. The first-order valence-corrected chi connectivity index (χ1v) is 9.70. The molecular formula is C21H27ClIN5O. The zero-order valence-electron chi connectivity index (χ0n) is 16.7. The highest BCUT2D eigenvalue weighted by molar-refractivity contribution is 14.0. The van der Waals surface area contributed by atoms with Gasteiger partial charge in [-0.05, 0) is 29.3 Å². The van der Waals surface area contributed by atoms with Crippen molar-refractivity contribution in [3.63, 3.8) is 0 Å². The van der Waals surface area contributed by atoms with Gasteiger partial charge >= 0.3 is 0 Å². The first-order valence-electron chi connectivity index (χ1n) is 9.32. The molecule has 2 aromatic carbocycles. The lowest BCUT2D eigenvalue weighted by Gasteiger charge is -2.28. The Morgan fingerprint density at radius 2 is 1.97 bits per heavy atom. The van der Waals surface area contributed by atoms with Crippen molar-refractivity contribution in [1.29, 1.82) is 0 Å². The fourth-order valence-electron chi connectivity index (χ4n) is 3.21. The number of amides is 1. The second-order valence-electron chi connectivity index (χ2n) is 6.79. The van der Waals surface area contributed by atoms with Gasteiger partial charge in [-0.3, -0.25) is 9.79 Å². The van der Waals surface area contributed by atoms with Crippen molar-refractivity contribution in [3.05, 3.63) is 64.7 Å². The average Bonchev–Trinajstić information content (AvgIpc) is 2.71. The van der Waals surface area contributed by atoms with Crippen LogP contribution in [-0.2, 0) is 17.9 Å². The van der Waals surface area contributed by atoms with Crippen molar-refractivity contribution < 1.29 is 4.79 Å². The molecule has 0 unspecified atom stereocenters. The summed E-state index contributed by atoms with van der Waals surface area (Å²) in [6.45, 7) is 3.28. The van der Waals surface area contributed by atoms with Gasteiger partial charge in [-0.25, -0.2) is 0 Å². The number of rotatable bonds is 5. The summed E-state index contributed by atoms with van der Waals surface area (Å²) in [4.78, 5) is 20.0. The molecule has 0 saturated carbocycles. The average molecular weight is 528 g/mol. The second kappa shape index (κ2) is 11.3. The van der Waals surface area contributed by atoms with Gasteiger partial charge in [-0.1, -0.05) is 41.9 Å². The van der Waals surface area contributed by atoms with Crippen molar-refractivity contribution in [2.24, 2.45) is 4.99 Å². The standard InChI is InChI=1S/C21H26ClN5O.HI/c1-23-21(26(2)14-17-5-3-4-6-19(17)22)25-13-16-7-9-18(10-8-16)27-12-11-24-20(28)15-27;/h3-10H,11-15H2,1-2H3,(H,23,25)(H,24,28);1H. The van der Waals surface area contributed by atoms with Gasteiger partial charge in [-0.2, -0.15) is 0 Å². The topological polar surface area (TPSA) is 60.0 Å². The lowest BCUT2D eigenvalue weighted by Crippen LogP contribution is -2.47. The van der Waals surface area contributed by atoms with Crippen molar-refractivity contribution >= 4 is 53.1 Å². The molecule has 0 bridgehead atoms. The number of guanidine groups is 1. The van der Waals surface area contributed by atoms with E-state index in [1.165, 1.54) is 0 Å². The van der Waals surface area contributed by atoms with Gasteiger partial charge in [0.25, 0.3) is 0 Å². The van der Waals surface area contributed by atoms with E-state index in [1.54, 1.807) is 7.05 Å². The Balaban J connectivity index is 0.00000300. The van der Waals surface area contributed by atoms with Crippen molar-refractivity contribution in [3.8, 4) is 0 Å². The summed E-state index contributed by atoms with van der Waals surface area (Å²) in [6.07, 6.45) is 0. The van der Waals surface area contributed by atoms with Crippen LogP contribution in [0.4, 0.5) is 5.69 Å². The van der Waals surface area contributed by atoms with E-state index >= 15 is 0 Å². The van der Waals surface area contributed by atoms with E-state index in [0.717, 1.165) is 34.3 Å². The van der Waals surface area contributed by atoms with Crippen LogP contribution >= 0.6 is 35.6 Å². The molecule has 1 fully saturated rings. The Morgan fingerprint density at radius 3 is 2.62 bits per heavy atom. The molecule has 1 heterocycles. The number of benzene rings is 2. The molecule has 156 valence electrons. The predicted molar refractivity (Wildman–Crippen MR) is 130 cm³/mol. The van der Waals surface area contributed by atoms with Crippen LogP contribution in [0.3, 0.4) is 0 Å². The molecule has 1 aliphatic heterocycles. The van der Waals surface area contributed by atoms with Crippen LogP contribution < -0.4 is 15.5 Å². The third-order valence-corrected chi connectivity index (χ3v) is 5.10. The lowest BCUT2D eigenvalue weighted by atomic mass is 10.2. The highest BCUT2D eigenvalue weighted by Crippen LogP contribution is 2.17. The zero-order chi connectivity index (χ0) is 19.9. The van der Waals surface area contributed by atoms with Crippen molar-refractivity contribution in [2.75, 3.05) is 38.6 Å². The third kappa shape index (κ3) is 6.50. The lowest BCUT2D eigenvalue weighted by molar-refractivity contribution is -0.120. The number of aliphatic imine (C=N–C) groups is 1. The van der Waals surface area contributed by atoms with Crippen LogP contribution in [-0.4, -0.2) is 50.5 Å². The minimum Gasteiger partial charge on any atom is -0.360 e. The summed E-state index contributed by atoms with van der Waals surface area (Å²) in [5.41, 5.74) is 3.28. The molecule has 0 aliphatic carbocycles. The van der Waals surface area contributed by atoms with E-state index in [0.29, 0.717) is 26.2 Å². The molecule has 2 aromatic rings. The number of anilines is 1. The number of hydrogen-bond donors (Lipinski definition) is 2. The number of carbonyl (C=O) groups is 1. The number of carbonyl (C=O) groups excluding carboxylic acids is 1. The SMILES string of the molecule is CN=C(NCc1ccc(N2CCNC(=O)C2)cc1)N(C)Cc1ccccc1Cl.I. The number of halogens is 2. The molecule has 3 rings (SSSR count). The smallest absolute Gasteiger partial charge is 0.239 e. The molecule has 0 atom stereocenters. The number of nitrogens with zero attached hydrogens (tertiary/aromatic N) is 3. The van der Waals surface area contributed by atoms with Gasteiger partial charge in [0.1, 0.15) is 0 Å². The highest BCUT2D eigenvalue weighted by atomic mass is 127. The normalized spacial score (nSPS) is 14.1. The Hall–Kier alpha value is -2.00. The summed E-state index contributed by atoms with van der Waals surface area (Å²) in [7, 11) is 3.76. The van der Waals surface area contributed by atoms with Crippen LogP contribution in [0.2, 0.25) is 5.02 Å². The molecule has 1 saturated heterocycles. The monoisotopic (exact) mass is 527 g/mol. The molecule has 0 radical (unpaired) electrons. The van der Waals surface area contributed by atoms with Gasteiger partial charge in [0, 0.05) is 51.0 Å². The summed E-state index contributed by atoms with van der Waals surface area (Å²) in [5.74, 6) is 0.874. The Bertz CT molecular complexity index is 843.